The summed E-state index contributed by atoms with van der Waals surface area (Å²) in [7, 11) is -7.41. The molecular weight excluding hydrogens is 350 g/mol. The van der Waals surface area contributed by atoms with E-state index < -0.39 is 20.0 Å². The molecule has 1 aromatic rings. The molecule has 7 nitrogen and oxygen atoms in total. The van der Waals surface area contributed by atoms with Gasteiger partial charge in [-0.2, -0.15) is 4.31 Å². The largest absolute Gasteiger partial charge is 0.330 e. The highest BCUT2D eigenvalue weighted by atomic mass is 32.2. The van der Waals surface area contributed by atoms with E-state index in [4.69, 9.17) is 5.73 Å². The summed E-state index contributed by atoms with van der Waals surface area (Å²) in [4.78, 5) is -0.0264. The van der Waals surface area contributed by atoms with Crippen LogP contribution in [-0.4, -0.2) is 47.3 Å². The van der Waals surface area contributed by atoms with E-state index in [2.05, 4.69) is 4.72 Å². The van der Waals surface area contributed by atoms with Crippen LogP contribution in [0.3, 0.4) is 0 Å². The van der Waals surface area contributed by atoms with E-state index in [1.165, 1.54) is 28.6 Å². The first-order valence-electron chi connectivity index (χ1n) is 8.18. The maximum absolute atomic E-state index is 12.8. The zero-order valence-electron chi connectivity index (χ0n) is 13.6. The number of benzene rings is 1. The lowest BCUT2D eigenvalue weighted by atomic mass is 10.2. The third-order valence-corrected chi connectivity index (χ3v) is 7.34. The molecule has 1 aliphatic heterocycles. The Morgan fingerprint density at radius 1 is 1.00 bits per heavy atom. The maximum atomic E-state index is 12.8. The third-order valence-electron chi connectivity index (χ3n) is 3.99. The van der Waals surface area contributed by atoms with Crippen LogP contribution < -0.4 is 10.5 Å². The molecule has 9 heteroatoms. The van der Waals surface area contributed by atoms with Gasteiger partial charge in [0.15, 0.2) is 0 Å². The molecule has 1 aliphatic rings. The van der Waals surface area contributed by atoms with Crippen LogP contribution in [-0.2, 0) is 20.0 Å². The van der Waals surface area contributed by atoms with Crippen LogP contribution in [0.5, 0.6) is 0 Å². The Labute approximate surface area is 144 Å². The molecule has 0 aromatic heterocycles. The quantitative estimate of drug-likeness (QED) is 0.688. The average Bonchev–Trinajstić information content (AvgIpc) is 2.85. The number of nitrogens with zero attached hydrogens (tertiary/aromatic N) is 1. The molecule has 1 heterocycles. The smallest absolute Gasteiger partial charge is 0.243 e. The Kier molecular flexibility index (Phi) is 6.76. The van der Waals surface area contributed by atoms with E-state index in [0.29, 0.717) is 26.1 Å². The van der Waals surface area contributed by atoms with Crippen LogP contribution >= 0.6 is 0 Å². The third kappa shape index (κ3) is 4.76. The molecule has 1 aromatic carbocycles. The maximum Gasteiger partial charge on any atom is 0.243 e. The Balaban J connectivity index is 2.25. The molecule has 0 unspecified atom stereocenters. The van der Waals surface area contributed by atoms with E-state index in [9.17, 15) is 16.8 Å². The van der Waals surface area contributed by atoms with Crippen LogP contribution in [0.4, 0.5) is 0 Å². The van der Waals surface area contributed by atoms with Crippen molar-refractivity contribution in [1.82, 2.24) is 9.03 Å². The Morgan fingerprint density at radius 3 is 2.25 bits per heavy atom. The van der Waals surface area contributed by atoms with Crippen molar-refractivity contribution in [2.45, 2.75) is 41.9 Å². The van der Waals surface area contributed by atoms with Crippen molar-refractivity contribution in [2.75, 3.05) is 26.2 Å². The van der Waals surface area contributed by atoms with Crippen LogP contribution in [0.2, 0.25) is 0 Å². The predicted molar refractivity (Wildman–Crippen MR) is 92.5 cm³/mol. The lowest BCUT2D eigenvalue weighted by molar-refractivity contribution is 0.423. The van der Waals surface area contributed by atoms with Gasteiger partial charge in [0.05, 0.1) is 9.79 Å². The molecule has 0 amide bonds. The minimum absolute atomic E-state index is 0.0195. The minimum Gasteiger partial charge on any atom is -0.330 e. The summed E-state index contributed by atoms with van der Waals surface area (Å²) in [5.41, 5.74) is 5.35. The second-order valence-corrected chi connectivity index (χ2v) is 9.54. The fourth-order valence-electron chi connectivity index (χ4n) is 2.62. The summed E-state index contributed by atoms with van der Waals surface area (Å²) in [6, 6.07) is 5.53. The molecule has 0 atom stereocenters. The highest BCUT2D eigenvalue weighted by Gasteiger charge is 2.26. The molecule has 3 N–H and O–H groups in total. The van der Waals surface area contributed by atoms with E-state index in [1.54, 1.807) is 0 Å². The second kappa shape index (κ2) is 8.39. The normalized spacial score (nSPS) is 17.5. The highest BCUT2D eigenvalue weighted by molar-refractivity contribution is 7.90. The molecule has 2 rings (SSSR count). The lowest BCUT2D eigenvalue weighted by Gasteiger charge is -2.20. The van der Waals surface area contributed by atoms with Gasteiger partial charge in [-0.15, -0.1) is 0 Å². The number of hydrogen-bond donors (Lipinski definition) is 2. The first-order valence-corrected chi connectivity index (χ1v) is 11.1. The number of hydrogen-bond acceptors (Lipinski definition) is 5. The summed E-state index contributed by atoms with van der Waals surface area (Å²) in [6.07, 6.45) is 4.22. The molecule has 24 heavy (non-hydrogen) atoms. The summed E-state index contributed by atoms with van der Waals surface area (Å²) in [6.45, 7) is 1.57. The molecule has 136 valence electrons. The van der Waals surface area contributed by atoms with Gasteiger partial charge in [0.1, 0.15) is 0 Å². The Morgan fingerprint density at radius 2 is 1.62 bits per heavy atom. The van der Waals surface area contributed by atoms with E-state index >= 15 is 0 Å². The van der Waals surface area contributed by atoms with Gasteiger partial charge in [-0.25, -0.2) is 21.6 Å². The van der Waals surface area contributed by atoms with Gasteiger partial charge < -0.3 is 5.73 Å². The Bertz CT molecular complexity index is 740. The molecule has 0 spiro atoms. The van der Waals surface area contributed by atoms with Crippen LogP contribution in [0.15, 0.2) is 34.1 Å². The van der Waals surface area contributed by atoms with Crippen molar-refractivity contribution in [3.8, 4) is 0 Å². The van der Waals surface area contributed by atoms with E-state index in [-0.39, 0.29) is 16.3 Å². The summed E-state index contributed by atoms with van der Waals surface area (Å²) < 4.78 is 53.9. The van der Waals surface area contributed by atoms with Gasteiger partial charge >= 0.3 is 0 Å². The first-order chi connectivity index (χ1) is 11.4. The second-order valence-electron chi connectivity index (χ2n) is 5.83. The molecule has 0 radical (unpaired) electrons. The molecule has 0 bridgehead atoms. The molecule has 1 fully saturated rings. The SMILES string of the molecule is NCCCNS(=O)(=O)c1cccc(S(=O)(=O)N2CCCCCC2)c1. The Hall–Kier alpha value is -1.00. The fraction of sp³-hybridized carbons (Fsp3) is 0.600. The molecule has 0 aliphatic carbocycles. The van der Waals surface area contributed by atoms with Crippen molar-refractivity contribution >= 4 is 20.0 Å². The minimum atomic E-state index is -3.74. The summed E-state index contributed by atoms with van der Waals surface area (Å²) in [5.74, 6) is 0. The number of nitrogens with two attached hydrogens (primary N) is 1. The van der Waals surface area contributed by atoms with Gasteiger partial charge in [-0.3, -0.25) is 0 Å². The van der Waals surface area contributed by atoms with Crippen LogP contribution in [0, 0.1) is 0 Å². The van der Waals surface area contributed by atoms with Gasteiger partial charge in [0, 0.05) is 19.6 Å². The monoisotopic (exact) mass is 375 g/mol. The van der Waals surface area contributed by atoms with Crippen LogP contribution in [0.25, 0.3) is 0 Å². The first kappa shape index (κ1) is 19.3. The van der Waals surface area contributed by atoms with Crippen molar-refractivity contribution in [3.63, 3.8) is 0 Å². The van der Waals surface area contributed by atoms with E-state index in [1.807, 2.05) is 0 Å². The topological polar surface area (TPSA) is 110 Å². The van der Waals surface area contributed by atoms with Gasteiger partial charge in [0.25, 0.3) is 0 Å². The molecular formula is C15H25N3O4S2. The highest BCUT2D eigenvalue weighted by Crippen LogP contribution is 2.22. The predicted octanol–water partition coefficient (Wildman–Crippen LogP) is 0.878. The van der Waals surface area contributed by atoms with Crippen molar-refractivity contribution in [1.29, 1.82) is 0 Å². The number of rotatable bonds is 7. The van der Waals surface area contributed by atoms with Crippen molar-refractivity contribution < 1.29 is 16.8 Å². The molecule has 1 saturated heterocycles. The summed E-state index contributed by atoms with van der Waals surface area (Å²) in [5, 5.41) is 0. The number of nitrogens with one attached hydrogen (secondary N) is 1. The van der Waals surface area contributed by atoms with Gasteiger partial charge in [-0.05, 0) is 44.0 Å². The van der Waals surface area contributed by atoms with Gasteiger partial charge in [0.2, 0.25) is 20.0 Å². The molecule has 0 saturated carbocycles. The lowest BCUT2D eigenvalue weighted by Crippen LogP contribution is -2.32. The van der Waals surface area contributed by atoms with Gasteiger partial charge in [-0.1, -0.05) is 18.9 Å². The van der Waals surface area contributed by atoms with Crippen molar-refractivity contribution in [3.05, 3.63) is 24.3 Å². The zero-order valence-corrected chi connectivity index (χ0v) is 15.3. The van der Waals surface area contributed by atoms with E-state index in [0.717, 1.165) is 25.7 Å². The fourth-order valence-corrected chi connectivity index (χ4v) is 5.38. The van der Waals surface area contributed by atoms with Crippen molar-refractivity contribution in [2.24, 2.45) is 5.73 Å². The summed E-state index contributed by atoms with van der Waals surface area (Å²) >= 11 is 0. The van der Waals surface area contributed by atoms with Crippen LogP contribution in [0.1, 0.15) is 32.1 Å². The average molecular weight is 376 g/mol. The number of sulfonamides is 2. The standard InChI is InChI=1S/C15H25N3O4S2/c16-9-6-10-17-23(19,20)14-7-5-8-15(13-14)24(21,22)18-11-3-1-2-4-12-18/h5,7-8,13,17H,1-4,6,9-12,16H2. The zero-order chi connectivity index (χ0) is 17.6.